The number of nitrogens with zero attached hydrogens (tertiary/aromatic N) is 1. The molecule has 1 aliphatic rings. The first kappa shape index (κ1) is 12.7. The Kier molecular flexibility index (Phi) is 3.92. The van der Waals surface area contributed by atoms with Crippen LogP contribution in [0, 0.1) is 0 Å². The Hall–Kier alpha value is -0.770. The molecule has 0 aliphatic heterocycles. The van der Waals surface area contributed by atoms with Gasteiger partial charge in [-0.2, -0.15) is 0 Å². The molecule has 17 heavy (non-hydrogen) atoms. The summed E-state index contributed by atoms with van der Waals surface area (Å²) in [5.74, 6) is 0.0450. The van der Waals surface area contributed by atoms with Crippen molar-refractivity contribution < 1.29 is 4.79 Å². The van der Waals surface area contributed by atoms with Gasteiger partial charge in [0.05, 0.1) is 0 Å². The van der Waals surface area contributed by atoms with E-state index in [1.807, 2.05) is 12.3 Å². The number of rotatable bonds is 5. The van der Waals surface area contributed by atoms with Crippen LogP contribution in [0.3, 0.4) is 0 Å². The Morgan fingerprint density at radius 3 is 2.94 bits per heavy atom. The Morgan fingerprint density at radius 1 is 1.65 bits per heavy atom. The molecule has 1 atom stereocenters. The van der Waals surface area contributed by atoms with E-state index in [1.54, 1.807) is 0 Å². The molecule has 1 unspecified atom stereocenters. The zero-order chi connectivity index (χ0) is 12.4. The zero-order valence-electron chi connectivity index (χ0n) is 10.4. The van der Waals surface area contributed by atoms with Gasteiger partial charge in [0, 0.05) is 22.8 Å². The minimum absolute atomic E-state index is 0.0450. The second kappa shape index (κ2) is 5.25. The molecule has 0 spiro atoms. The van der Waals surface area contributed by atoms with Crippen molar-refractivity contribution in [2.24, 2.45) is 0 Å². The molecule has 1 heterocycles. The van der Waals surface area contributed by atoms with Crippen molar-refractivity contribution in [1.29, 1.82) is 0 Å². The maximum absolute atomic E-state index is 12.1. The molecule has 0 saturated heterocycles. The summed E-state index contributed by atoms with van der Waals surface area (Å²) in [5.41, 5.74) is 0.780. The molecule has 1 fully saturated rings. The molecule has 1 aromatic heterocycles. The molecular weight excluding hydrogens is 280 g/mol. The average Bonchev–Trinajstić information content (AvgIpc) is 3.02. The van der Waals surface area contributed by atoms with Gasteiger partial charge in [-0.1, -0.05) is 13.3 Å². The number of carbonyl (C=O) groups is 1. The molecule has 94 valence electrons. The van der Waals surface area contributed by atoms with Gasteiger partial charge in [-0.15, -0.1) is 0 Å². The quantitative estimate of drug-likeness (QED) is 0.887. The third-order valence-electron chi connectivity index (χ3n) is 3.09. The maximum Gasteiger partial charge on any atom is 0.268 e. The van der Waals surface area contributed by atoms with Gasteiger partial charge in [0.25, 0.3) is 5.91 Å². The van der Waals surface area contributed by atoms with E-state index in [4.69, 9.17) is 0 Å². The predicted octanol–water partition coefficient (Wildman–Crippen LogP) is 3.50. The summed E-state index contributed by atoms with van der Waals surface area (Å²) < 4.78 is 3.08. The molecule has 1 amide bonds. The van der Waals surface area contributed by atoms with Crippen LogP contribution in [0.15, 0.2) is 16.7 Å². The summed E-state index contributed by atoms with van der Waals surface area (Å²) in [6.45, 7) is 4.19. The van der Waals surface area contributed by atoms with Crippen LogP contribution in [0.5, 0.6) is 0 Å². The van der Waals surface area contributed by atoms with Crippen LogP contribution in [-0.4, -0.2) is 16.5 Å². The molecule has 1 saturated carbocycles. The van der Waals surface area contributed by atoms with Crippen molar-refractivity contribution in [2.45, 2.75) is 51.6 Å². The van der Waals surface area contributed by atoms with Crippen LogP contribution in [0.25, 0.3) is 0 Å². The second-order valence-corrected chi connectivity index (χ2v) is 5.76. The van der Waals surface area contributed by atoms with Gasteiger partial charge in [0.1, 0.15) is 5.69 Å². The number of hydrogen-bond donors (Lipinski definition) is 1. The van der Waals surface area contributed by atoms with Crippen LogP contribution < -0.4 is 5.32 Å². The molecule has 3 nitrogen and oxygen atoms in total. The van der Waals surface area contributed by atoms with E-state index in [1.165, 1.54) is 12.8 Å². The summed E-state index contributed by atoms with van der Waals surface area (Å²) in [4.78, 5) is 12.1. The second-order valence-electron chi connectivity index (χ2n) is 4.85. The highest BCUT2D eigenvalue weighted by Gasteiger charge is 2.27. The van der Waals surface area contributed by atoms with E-state index in [-0.39, 0.29) is 11.9 Å². The molecule has 0 aromatic carbocycles. The van der Waals surface area contributed by atoms with Gasteiger partial charge in [0.15, 0.2) is 0 Å². The van der Waals surface area contributed by atoms with Gasteiger partial charge >= 0.3 is 0 Å². The van der Waals surface area contributed by atoms with Gasteiger partial charge < -0.3 is 9.88 Å². The van der Waals surface area contributed by atoms with Crippen molar-refractivity contribution in [3.63, 3.8) is 0 Å². The third-order valence-corrected chi connectivity index (χ3v) is 3.52. The third kappa shape index (κ3) is 3.12. The molecule has 0 radical (unpaired) electrons. The largest absolute Gasteiger partial charge is 0.348 e. The van der Waals surface area contributed by atoms with E-state index in [2.05, 4.69) is 39.7 Å². The maximum atomic E-state index is 12.1. The highest BCUT2D eigenvalue weighted by molar-refractivity contribution is 9.10. The number of aromatic nitrogens is 1. The number of amides is 1. The number of nitrogens with one attached hydrogen (secondary N) is 1. The minimum Gasteiger partial charge on any atom is -0.348 e. The van der Waals surface area contributed by atoms with E-state index >= 15 is 0 Å². The molecule has 2 rings (SSSR count). The Bertz CT molecular complexity index is 410. The number of halogens is 1. The lowest BCUT2D eigenvalue weighted by Crippen LogP contribution is -2.33. The summed E-state index contributed by atoms with van der Waals surface area (Å²) in [6.07, 6.45) is 6.50. The van der Waals surface area contributed by atoms with Gasteiger partial charge in [-0.05, 0) is 48.2 Å². The Morgan fingerprint density at radius 2 is 2.35 bits per heavy atom. The van der Waals surface area contributed by atoms with Gasteiger partial charge in [-0.25, -0.2) is 0 Å². The summed E-state index contributed by atoms with van der Waals surface area (Å²) in [5, 5.41) is 3.05. The molecule has 0 bridgehead atoms. The van der Waals surface area contributed by atoms with Gasteiger partial charge in [-0.3, -0.25) is 4.79 Å². The van der Waals surface area contributed by atoms with Gasteiger partial charge in [0.2, 0.25) is 0 Å². The lowest BCUT2D eigenvalue weighted by atomic mass is 10.2. The van der Waals surface area contributed by atoms with Crippen LogP contribution >= 0.6 is 15.9 Å². The average molecular weight is 299 g/mol. The van der Waals surface area contributed by atoms with Crippen molar-refractivity contribution in [3.05, 3.63) is 22.4 Å². The van der Waals surface area contributed by atoms with E-state index in [0.717, 1.165) is 23.0 Å². The molecule has 1 N–H and O–H groups in total. The van der Waals surface area contributed by atoms with E-state index in [9.17, 15) is 4.79 Å². The van der Waals surface area contributed by atoms with Crippen LogP contribution in [0.1, 0.15) is 56.1 Å². The smallest absolute Gasteiger partial charge is 0.268 e. The van der Waals surface area contributed by atoms with Crippen LogP contribution in [0.4, 0.5) is 0 Å². The zero-order valence-corrected chi connectivity index (χ0v) is 12.0. The van der Waals surface area contributed by atoms with E-state index < -0.39 is 0 Å². The predicted molar refractivity (Wildman–Crippen MR) is 72.2 cm³/mol. The highest BCUT2D eigenvalue weighted by Crippen LogP contribution is 2.37. The topological polar surface area (TPSA) is 34.0 Å². The van der Waals surface area contributed by atoms with Crippen molar-refractivity contribution in [2.75, 3.05) is 0 Å². The lowest BCUT2D eigenvalue weighted by Gasteiger charge is -2.14. The molecule has 1 aromatic rings. The summed E-state index contributed by atoms with van der Waals surface area (Å²) in [7, 11) is 0. The van der Waals surface area contributed by atoms with Crippen molar-refractivity contribution in [1.82, 2.24) is 9.88 Å². The fourth-order valence-corrected chi connectivity index (χ4v) is 2.52. The van der Waals surface area contributed by atoms with Crippen molar-refractivity contribution >= 4 is 21.8 Å². The SMILES string of the molecule is CCCC(C)NC(=O)c1cc(Br)cn1C1CC1. The molecule has 4 heteroatoms. The van der Waals surface area contributed by atoms with Crippen LogP contribution in [-0.2, 0) is 0 Å². The normalized spacial score (nSPS) is 16.9. The Labute approximate surface area is 111 Å². The standard InChI is InChI=1S/C13H19BrN2O/c1-3-4-9(2)15-13(17)12-7-10(14)8-16(12)11-5-6-11/h7-9,11H,3-6H2,1-2H3,(H,15,17). The fraction of sp³-hybridized carbons (Fsp3) is 0.615. The fourth-order valence-electron chi connectivity index (χ4n) is 2.09. The van der Waals surface area contributed by atoms with Crippen LogP contribution in [0.2, 0.25) is 0 Å². The Balaban J connectivity index is 2.07. The minimum atomic E-state index is 0.0450. The lowest BCUT2D eigenvalue weighted by molar-refractivity contribution is 0.0928. The first-order valence-corrected chi connectivity index (χ1v) is 7.09. The van der Waals surface area contributed by atoms with E-state index in [0.29, 0.717) is 6.04 Å². The highest BCUT2D eigenvalue weighted by atomic mass is 79.9. The number of hydrogen-bond acceptors (Lipinski definition) is 1. The first-order chi connectivity index (χ1) is 8.11. The molecular formula is C13H19BrN2O. The number of carbonyl (C=O) groups excluding carboxylic acids is 1. The molecule has 1 aliphatic carbocycles. The summed E-state index contributed by atoms with van der Waals surface area (Å²) >= 11 is 3.44. The van der Waals surface area contributed by atoms with Crippen molar-refractivity contribution in [3.8, 4) is 0 Å². The summed E-state index contributed by atoms with van der Waals surface area (Å²) in [6, 6.07) is 2.68. The monoisotopic (exact) mass is 298 g/mol. The first-order valence-electron chi connectivity index (χ1n) is 6.30.